The fraction of sp³-hybridized carbons (Fsp3) is 0.0588. The number of carboxylic acids is 1. The minimum atomic E-state index is -1.31. The second-order valence-corrected chi connectivity index (χ2v) is 5.54. The van der Waals surface area contributed by atoms with Crippen molar-refractivity contribution in [1.82, 2.24) is 5.32 Å². The third kappa shape index (κ3) is 5.30. The van der Waals surface area contributed by atoms with Crippen molar-refractivity contribution in [2.24, 2.45) is 0 Å². The van der Waals surface area contributed by atoms with Crippen LogP contribution in [0.2, 0.25) is 10.0 Å². The molecule has 0 aliphatic heterocycles. The molecule has 2 rings (SSSR count). The van der Waals surface area contributed by atoms with Gasteiger partial charge < -0.3 is 9.84 Å². The van der Waals surface area contributed by atoms with Gasteiger partial charge in [-0.15, -0.1) is 0 Å². The van der Waals surface area contributed by atoms with E-state index in [1.54, 1.807) is 18.2 Å². The summed E-state index contributed by atoms with van der Waals surface area (Å²) < 4.78 is 4.99. The minimum Gasteiger partial charge on any atom is -0.477 e. The van der Waals surface area contributed by atoms with Gasteiger partial charge in [0.25, 0.3) is 0 Å². The first-order chi connectivity index (χ1) is 11.5. The van der Waals surface area contributed by atoms with Gasteiger partial charge in [-0.3, -0.25) is 5.32 Å². The van der Waals surface area contributed by atoms with Gasteiger partial charge in [-0.1, -0.05) is 59.6 Å². The highest BCUT2D eigenvalue weighted by Gasteiger charge is 2.13. The number of halogens is 2. The second kappa shape index (κ2) is 8.38. The number of hydrogen-bond donors (Lipinski definition) is 2. The van der Waals surface area contributed by atoms with Crippen LogP contribution < -0.4 is 5.32 Å². The maximum atomic E-state index is 11.8. The summed E-state index contributed by atoms with van der Waals surface area (Å²) in [6.45, 7) is 0.0341. The Morgan fingerprint density at radius 1 is 1.08 bits per heavy atom. The van der Waals surface area contributed by atoms with E-state index >= 15 is 0 Å². The van der Waals surface area contributed by atoms with Gasteiger partial charge in [-0.25, -0.2) is 9.59 Å². The molecule has 0 unspecified atom stereocenters. The average molecular weight is 366 g/mol. The summed E-state index contributed by atoms with van der Waals surface area (Å²) in [6.07, 6.45) is 0.390. The zero-order valence-electron chi connectivity index (χ0n) is 12.3. The zero-order chi connectivity index (χ0) is 17.5. The Morgan fingerprint density at radius 2 is 1.79 bits per heavy atom. The van der Waals surface area contributed by atoms with E-state index in [0.29, 0.717) is 10.6 Å². The number of alkyl carbamates (subject to hydrolysis) is 1. The molecule has 124 valence electrons. The number of carbonyl (C=O) groups is 2. The van der Waals surface area contributed by atoms with E-state index in [4.69, 9.17) is 27.9 Å². The van der Waals surface area contributed by atoms with Crippen LogP contribution in [0.25, 0.3) is 6.08 Å². The average Bonchev–Trinajstić information content (AvgIpc) is 2.56. The Morgan fingerprint density at radius 3 is 2.42 bits per heavy atom. The molecular formula is C17H13Cl2NO4. The van der Waals surface area contributed by atoms with Crippen molar-refractivity contribution in [3.05, 3.63) is 75.4 Å². The molecule has 0 saturated heterocycles. The van der Waals surface area contributed by atoms with Gasteiger partial charge in [-0.05, 0) is 29.3 Å². The molecular weight excluding hydrogens is 353 g/mol. The summed E-state index contributed by atoms with van der Waals surface area (Å²) in [5, 5.41) is 12.0. The molecule has 1 amide bonds. The summed E-state index contributed by atoms with van der Waals surface area (Å²) in [7, 11) is 0. The predicted molar refractivity (Wildman–Crippen MR) is 91.8 cm³/mol. The van der Waals surface area contributed by atoms with Crippen LogP contribution in [0, 0.1) is 0 Å². The third-order valence-corrected chi connectivity index (χ3v) is 3.67. The van der Waals surface area contributed by atoms with Crippen LogP contribution in [0.4, 0.5) is 4.79 Å². The molecule has 24 heavy (non-hydrogen) atoms. The van der Waals surface area contributed by atoms with E-state index < -0.39 is 12.1 Å². The Kier molecular flexibility index (Phi) is 6.23. The maximum absolute atomic E-state index is 11.8. The molecule has 0 fully saturated rings. The lowest BCUT2D eigenvalue weighted by atomic mass is 10.2. The molecule has 0 spiro atoms. The molecule has 0 heterocycles. The van der Waals surface area contributed by atoms with Crippen molar-refractivity contribution in [3.63, 3.8) is 0 Å². The number of rotatable bonds is 5. The van der Waals surface area contributed by atoms with Crippen LogP contribution in [-0.4, -0.2) is 17.2 Å². The number of carboxylic acid groups (broad SMARTS) is 1. The predicted octanol–water partition coefficient (Wildman–Crippen LogP) is 4.35. The monoisotopic (exact) mass is 365 g/mol. The van der Waals surface area contributed by atoms with Crippen molar-refractivity contribution in [2.75, 3.05) is 0 Å². The maximum Gasteiger partial charge on any atom is 0.412 e. The van der Waals surface area contributed by atoms with Crippen LogP contribution in [0.1, 0.15) is 11.1 Å². The Balaban J connectivity index is 2.04. The summed E-state index contributed by atoms with van der Waals surface area (Å²) in [6, 6.07) is 13.6. The highest BCUT2D eigenvalue weighted by atomic mass is 35.5. The molecule has 2 aromatic carbocycles. The number of nitrogens with one attached hydrogen (secondary N) is 1. The summed E-state index contributed by atoms with van der Waals surface area (Å²) in [5.74, 6) is -1.31. The van der Waals surface area contributed by atoms with Crippen LogP contribution in [-0.2, 0) is 16.1 Å². The molecule has 0 aromatic heterocycles. The Labute approximate surface area is 148 Å². The number of benzene rings is 2. The second-order valence-electron chi connectivity index (χ2n) is 4.72. The molecule has 0 bridgehead atoms. The van der Waals surface area contributed by atoms with Crippen molar-refractivity contribution >= 4 is 41.3 Å². The molecule has 0 aliphatic rings. The van der Waals surface area contributed by atoms with Gasteiger partial charge in [-0.2, -0.15) is 0 Å². The summed E-state index contributed by atoms with van der Waals surface area (Å²) in [4.78, 5) is 23.0. The zero-order valence-corrected chi connectivity index (χ0v) is 13.8. The van der Waals surface area contributed by atoms with Gasteiger partial charge in [0.1, 0.15) is 12.3 Å². The third-order valence-electron chi connectivity index (χ3n) is 2.93. The molecule has 0 radical (unpaired) electrons. The van der Waals surface area contributed by atoms with Crippen LogP contribution in [0.15, 0.2) is 54.2 Å². The minimum absolute atomic E-state index is 0.0341. The van der Waals surface area contributed by atoms with Gasteiger partial charge in [0.2, 0.25) is 0 Å². The van der Waals surface area contributed by atoms with Crippen molar-refractivity contribution in [2.45, 2.75) is 6.61 Å². The molecule has 5 nitrogen and oxygen atoms in total. The summed E-state index contributed by atoms with van der Waals surface area (Å²) >= 11 is 11.7. The van der Waals surface area contributed by atoms with E-state index in [-0.39, 0.29) is 17.3 Å². The van der Waals surface area contributed by atoms with Crippen molar-refractivity contribution < 1.29 is 19.4 Å². The number of aliphatic carboxylic acids is 1. The fourth-order valence-electron chi connectivity index (χ4n) is 1.79. The van der Waals surface area contributed by atoms with E-state index in [0.717, 1.165) is 5.56 Å². The first kappa shape index (κ1) is 17.8. The van der Waals surface area contributed by atoms with Crippen LogP contribution in [0.5, 0.6) is 0 Å². The Hall–Kier alpha value is -2.50. The van der Waals surface area contributed by atoms with Crippen LogP contribution >= 0.6 is 23.2 Å². The highest BCUT2D eigenvalue weighted by molar-refractivity contribution is 6.42. The van der Waals surface area contributed by atoms with Crippen LogP contribution in [0.3, 0.4) is 0 Å². The SMILES string of the molecule is O=C(N/C(=C/c1ccc(Cl)c(Cl)c1)C(=O)O)OCc1ccccc1. The lowest BCUT2D eigenvalue weighted by molar-refractivity contribution is -0.132. The topological polar surface area (TPSA) is 75.6 Å². The standard InChI is InChI=1S/C17H13Cl2NO4/c18-13-7-6-12(8-14(13)19)9-15(16(21)22)20-17(23)24-10-11-4-2-1-3-5-11/h1-9H,10H2,(H,20,23)(H,21,22)/b15-9+. The highest BCUT2D eigenvalue weighted by Crippen LogP contribution is 2.23. The smallest absolute Gasteiger partial charge is 0.412 e. The van der Waals surface area contributed by atoms with E-state index in [9.17, 15) is 14.7 Å². The lowest BCUT2D eigenvalue weighted by Crippen LogP contribution is -2.27. The van der Waals surface area contributed by atoms with E-state index in [1.807, 2.05) is 18.2 Å². The lowest BCUT2D eigenvalue weighted by Gasteiger charge is -2.08. The molecule has 0 saturated carbocycles. The van der Waals surface area contributed by atoms with Gasteiger partial charge >= 0.3 is 12.1 Å². The van der Waals surface area contributed by atoms with Gasteiger partial charge in [0, 0.05) is 0 Å². The number of amides is 1. The van der Waals surface area contributed by atoms with E-state index in [2.05, 4.69) is 5.32 Å². The fourth-order valence-corrected chi connectivity index (χ4v) is 2.10. The van der Waals surface area contributed by atoms with E-state index in [1.165, 1.54) is 18.2 Å². The molecule has 2 aromatic rings. The van der Waals surface area contributed by atoms with Gasteiger partial charge in [0.15, 0.2) is 0 Å². The number of hydrogen-bond acceptors (Lipinski definition) is 3. The number of carbonyl (C=O) groups excluding carboxylic acids is 1. The van der Waals surface area contributed by atoms with Gasteiger partial charge in [0.05, 0.1) is 10.0 Å². The molecule has 0 aliphatic carbocycles. The molecule has 2 N–H and O–H groups in total. The first-order valence-corrected chi connectivity index (χ1v) is 7.59. The normalized spacial score (nSPS) is 11.0. The quantitative estimate of drug-likeness (QED) is 0.772. The molecule has 0 atom stereocenters. The largest absolute Gasteiger partial charge is 0.477 e. The van der Waals surface area contributed by atoms with Crippen molar-refractivity contribution in [3.8, 4) is 0 Å². The summed E-state index contributed by atoms with van der Waals surface area (Å²) in [5.41, 5.74) is 0.926. The molecule has 7 heteroatoms. The van der Waals surface area contributed by atoms with Crippen molar-refractivity contribution in [1.29, 1.82) is 0 Å². The number of ether oxygens (including phenoxy) is 1. The Bertz CT molecular complexity index is 775. The first-order valence-electron chi connectivity index (χ1n) is 6.83.